The first-order chi connectivity index (χ1) is 16.1. The van der Waals surface area contributed by atoms with Gasteiger partial charge in [-0.15, -0.1) is 0 Å². The fraction of sp³-hybridized carbons (Fsp3) is 0.760. The highest BCUT2D eigenvalue weighted by Crippen LogP contribution is 2.32. The molecule has 2 aliphatic carbocycles. The second-order valence-corrected chi connectivity index (χ2v) is 12.0. The average molecular weight is 505 g/mol. The summed E-state index contributed by atoms with van der Waals surface area (Å²) in [6.07, 6.45) is 6.10. The first kappa shape index (κ1) is 27.4. The van der Waals surface area contributed by atoms with Crippen LogP contribution >= 0.6 is 0 Å². The molecule has 2 fully saturated rings. The minimum atomic E-state index is -4.49. The van der Waals surface area contributed by atoms with Gasteiger partial charge in [-0.25, -0.2) is 8.42 Å². The molecule has 1 aromatic rings. The summed E-state index contributed by atoms with van der Waals surface area (Å²) in [5, 5.41) is 0. The van der Waals surface area contributed by atoms with Crippen LogP contribution in [0, 0.1) is 5.92 Å². The molecule has 2 saturated carbocycles. The molecule has 0 aromatic heterocycles. The first-order valence-corrected chi connectivity index (χ1v) is 14.0. The molecule has 34 heavy (non-hydrogen) atoms. The molecule has 0 saturated heterocycles. The topological polar surface area (TPSA) is 49.9 Å². The van der Waals surface area contributed by atoms with E-state index in [9.17, 15) is 21.6 Å². The third kappa shape index (κ3) is 8.21. The van der Waals surface area contributed by atoms with Crippen molar-refractivity contribution in [3.05, 3.63) is 29.8 Å². The highest BCUT2D eigenvalue weighted by molar-refractivity contribution is 7.89. The third-order valence-electron chi connectivity index (χ3n) is 7.07. The average Bonchev–Trinajstić information content (AvgIpc) is 3.61. The monoisotopic (exact) mass is 504 g/mol. The van der Waals surface area contributed by atoms with Crippen LogP contribution in [0.2, 0.25) is 0 Å². The van der Waals surface area contributed by atoms with Gasteiger partial charge in [0.1, 0.15) is 0 Å². The van der Waals surface area contributed by atoms with Crippen molar-refractivity contribution in [3.8, 4) is 0 Å². The van der Waals surface area contributed by atoms with Crippen LogP contribution in [0.15, 0.2) is 29.2 Å². The predicted molar refractivity (Wildman–Crippen MR) is 127 cm³/mol. The zero-order chi connectivity index (χ0) is 24.8. The van der Waals surface area contributed by atoms with E-state index in [1.54, 1.807) is 0 Å². The van der Waals surface area contributed by atoms with Crippen molar-refractivity contribution in [1.82, 2.24) is 9.21 Å². The summed E-state index contributed by atoms with van der Waals surface area (Å²) >= 11 is 0. The molecule has 2 aliphatic rings. The maximum atomic E-state index is 12.9. The molecule has 0 bridgehead atoms. The molecular weight excluding hydrogens is 465 g/mol. The van der Waals surface area contributed by atoms with Gasteiger partial charge in [-0.3, -0.25) is 0 Å². The molecule has 0 radical (unpaired) electrons. The fourth-order valence-corrected chi connectivity index (χ4v) is 6.09. The summed E-state index contributed by atoms with van der Waals surface area (Å²) in [5.74, 6) is 0.943. The van der Waals surface area contributed by atoms with Gasteiger partial charge in [-0.1, -0.05) is 12.8 Å². The summed E-state index contributed by atoms with van der Waals surface area (Å²) in [4.78, 5) is 2.33. The predicted octanol–water partition coefficient (Wildman–Crippen LogP) is 5.56. The van der Waals surface area contributed by atoms with Crippen molar-refractivity contribution >= 4 is 10.0 Å². The van der Waals surface area contributed by atoms with Crippen LogP contribution in [0.25, 0.3) is 0 Å². The Kier molecular flexibility index (Phi) is 9.83. The zero-order valence-electron chi connectivity index (χ0n) is 20.4. The molecule has 1 aromatic carbocycles. The van der Waals surface area contributed by atoms with E-state index in [0.717, 1.165) is 56.1 Å². The number of rotatable bonds is 13. The van der Waals surface area contributed by atoms with E-state index in [1.807, 2.05) is 0 Å². The van der Waals surface area contributed by atoms with Crippen LogP contribution in [0.1, 0.15) is 69.8 Å². The van der Waals surface area contributed by atoms with E-state index < -0.39 is 21.8 Å². The quantitative estimate of drug-likeness (QED) is 0.330. The lowest BCUT2D eigenvalue weighted by Crippen LogP contribution is -2.40. The summed E-state index contributed by atoms with van der Waals surface area (Å²) in [5.41, 5.74) is -0.854. The Bertz CT molecular complexity index is 849. The van der Waals surface area contributed by atoms with Gasteiger partial charge in [-0.2, -0.15) is 17.5 Å². The lowest BCUT2D eigenvalue weighted by molar-refractivity contribution is -0.137. The number of halogens is 3. The van der Waals surface area contributed by atoms with Gasteiger partial charge < -0.3 is 9.64 Å². The van der Waals surface area contributed by atoms with E-state index >= 15 is 0 Å². The molecule has 0 atom stereocenters. The summed E-state index contributed by atoms with van der Waals surface area (Å²) in [6.45, 7) is 3.16. The van der Waals surface area contributed by atoms with Crippen molar-refractivity contribution in [3.63, 3.8) is 0 Å². The van der Waals surface area contributed by atoms with Crippen molar-refractivity contribution in [1.29, 1.82) is 0 Å². The number of sulfonamides is 1. The Morgan fingerprint density at radius 3 is 2.12 bits per heavy atom. The number of alkyl halides is 3. The Hall–Kier alpha value is -1.16. The number of nitrogens with zero attached hydrogens (tertiary/aromatic N) is 2. The largest absolute Gasteiger partial charge is 0.416 e. The minimum Gasteiger partial charge on any atom is -0.378 e. The van der Waals surface area contributed by atoms with Gasteiger partial charge in [-0.05, 0) is 95.1 Å². The third-order valence-corrected chi connectivity index (χ3v) is 9.00. The Morgan fingerprint density at radius 2 is 1.53 bits per heavy atom. The van der Waals surface area contributed by atoms with E-state index in [-0.39, 0.29) is 17.0 Å². The van der Waals surface area contributed by atoms with Crippen LogP contribution in [-0.2, 0) is 20.9 Å². The number of ether oxygens (including phenoxy) is 1. The Balaban J connectivity index is 1.32. The number of unbranched alkanes of at least 4 members (excludes halogenated alkanes) is 3. The molecule has 0 N–H and O–H groups in total. The second kappa shape index (κ2) is 12.2. The van der Waals surface area contributed by atoms with E-state index in [0.29, 0.717) is 12.8 Å². The highest BCUT2D eigenvalue weighted by Gasteiger charge is 2.34. The van der Waals surface area contributed by atoms with Gasteiger partial charge in [0.2, 0.25) is 10.0 Å². The summed E-state index contributed by atoms with van der Waals surface area (Å²) in [7, 11) is -0.109. The van der Waals surface area contributed by atoms with E-state index in [4.69, 9.17) is 4.74 Å². The lowest BCUT2D eigenvalue weighted by Gasteiger charge is -2.34. The normalized spacial score (nSPS) is 22.0. The van der Waals surface area contributed by atoms with Crippen molar-refractivity contribution < 1.29 is 26.3 Å². The minimum absolute atomic E-state index is 0.111. The molecule has 3 rings (SSSR count). The molecular formula is C25H39F3N2O3S. The molecule has 5 nitrogen and oxygen atoms in total. The molecule has 0 aliphatic heterocycles. The van der Waals surface area contributed by atoms with Gasteiger partial charge in [0, 0.05) is 26.2 Å². The summed E-state index contributed by atoms with van der Waals surface area (Å²) < 4.78 is 71.4. The second-order valence-electron chi connectivity index (χ2n) is 9.96. The SMILES string of the molecule is CN(CCCCCCO[C@H]1CC[C@H](N(C)S(=O)(=O)c2ccc(C(F)(F)F)cc2)CC1)CC1CC1. The Morgan fingerprint density at radius 1 is 0.912 bits per heavy atom. The molecule has 194 valence electrons. The van der Waals surface area contributed by atoms with Crippen LogP contribution in [-0.4, -0.2) is 63.6 Å². The van der Waals surface area contributed by atoms with Gasteiger partial charge >= 0.3 is 6.18 Å². The van der Waals surface area contributed by atoms with E-state index in [1.165, 1.54) is 56.5 Å². The maximum Gasteiger partial charge on any atom is 0.416 e. The van der Waals surface area contributed by atoms with E-state index in [2.05, 4.69) is 11.9 Å². The van der Waals surface area contributed by atoms with Gasteiger partial charge in [0.05, 0.1) is 16.6 Å². The van der Waals surface area contributed by atoms with Crippen molar-refractivity contribution in [2.45, 2.75) is 87.4 Å². The smallest absolute Gasteiger partial charge is 0.378 e. The lowest BCUT2D eigenvalue weighted by atomic mass is 9.93. The van der Waals surface area contributed by atoms with Gasteiger partial charge in [0.25, 0.3) is 0 Å². The number of benzene rings is 1. The van der Waals surface area contributed by atoms with Crippen LogP contribution in [0.3, 0.4) is 0 Å². The Labute approximate surface area is 202 Å². The molecule has 9 heteroatoms. The highest BCUT2D eigenvalue weighted by atomic mass is 32.2. The maximum absolute atomic E-state index is 12.9. The standard InChI is InChI=1S/C25H39F3N2O3S/c1-29(19-20-7-8-20)17-5-3-4-6-18-33-23-13-11-22(12-14-23)30(2)34(31,32)24-15-9-21(10-16-24)25(26,27)28/h9-10,15-16,20,22-23H,3-8,11-14,17-19H2,1-2H3/t22-,23-. The zero-order valence-corrected chi connectivity index (χ0v) is 21.2. The first-order valence-electron chi connectivity index (χ1n) is 12.5. The van der Waals surface area contributed by atoms with Crippen molar-refractivity contribution in [2.24, 2.45) is 5.92 Å². The van der Waals surface area contributed by atoms with Crippen LogP contribution < -0.4 is 0 Å². The van der Waals surface area contributed by atoms with Crippen molar-refractivity contribution in [2.75, 3.05) is 33.8 Å². The molecule has 0 heterocycles. The molecule has 0 unspecified atom stereocenters. The van der Waals surface area contributed by atoms with Gasteiger partial charge in [0.15, 0.2) is 0 Å². The number of hydrogen-bond acceptors (Lipinski definition) is 4. The summed E-state index contributed by atoms with van der Waals surface area (Å²) in [6, 6.07) is 3.54. The molecule has 0 spiro atoms. The molecule has 0 amide bonds. The van der Waals surface area contributed by atoms with Crippen LogP contribution in [0.5, 0.6) is 0 Å². The van der Waals surface area contributed by atoms with Crippen LogP contribution in [0.4, 0.5) is 13.2 Å². The number of hydrogen-bond donors (Lipinski definition) is 0. The fourth-order valence-electron chi connectivity index (χ4n) is 4.67.